The zero-order valence-electron chi connectivity index (χ0n) is 9.55. The number of alkyl halides is 3. The number of nitrogens with two attached hydrogens (primary N) is 1. The molecule has 3 N–H and O–H groups in total. The number of hydrogen-bond acceptors (Lipinski definition) is 3. The van der Waals surface area contributed by atoms with Gasteiger partial charge in [0.05, 0.1) is 17.3 Å². The number of hydrazine groups is 1. The predicted molar refractivity (Wildman–Crippen MR) is 58.7 cm³/mol. The first-order valence-corrected chi connectivity index (χ1v) is 4.99. The first kappa shape index (κ1) is 13.7. The fraction of sp³-hybridized carbons (Fsp3) is 0.364. The minimum atomic E-state index is -4.37. The van der Waals surface area contributed by atoms with Crippen molar-refractivity contribution in [2.24, 2.45) is 5.84 Å². The van der Waals surface area contributed by atoms with E-state index < -0.39 is 11.7 Å². The van der Waals surface area contributed by atoms with Gasteiger partial charge in [-0.05, 0) is 26.0 Å². The topological polar surface area (TPSA) is 50.9 Å². The molecular weight excluding hydrogens is 231 g/mol. The van der Waals surface area contributed by atoms with Crippen LogP contribution in [0.1, 0.15) is 31.1 Å². The molecule has 0 aliphatic rings. The smallest absolute Gasteiger partial charge is 0.271 e. The van der Waals surface area contributed by atoms with Crippen molar-refractivity contribution >= 4 is 0 Å². The van der Waals surface area contributed by atoms with Crippen molar-refractivity contribution in [3.63, 3.8) is 0 Å². The second kappa shape index (κ2) is 5.29. The maximum absolute atomic E-state index is 12.3. The third-order valence-corrected chi connectivity index (χ3v) is 2.11. The first-order chi connectivity index (χ1) is 7.84. The molecule has 0 saturated carbocycles. The minimum absolute atomic E-state index is 0.387. The average molecular weight is 245 g/mol. The van der Waals surface area contributed by atoms with Crippen molar-refractivity contribution < 1.29 is 13.2 Å². The number of rotatable bonds is 3. The second-order valence-corrected chi connectivity index (χ2v) is 3.86. The van der Waals surface area contributed by atoms with Gasteiger partial charge in [0.1, 0.15) is 0 Å². The number of pyridine rings is 1. The van der Waals surface area contributed by atoms with Crippen molar-refractivity contribution in [2.45, 2.75) is 26.1 Å². The van der Waals surface area contributed by atoms with Crippen molar-refractivity contribution in [3.8, 4) is 0 Å². The van der Waals surface area contributed by atoms with Crippen LogP contribution in [0.15, 0.2) is 30.0 Å². The molecule has 0 aromatic carbocycles. The molecule has 1 aromatic heterocycles. The Balaban J connectivity index is 2.97. The molecule has 0 aliphatic carbocycles. The number of nitrogens with one attached hydrogen (secondary N) is 1. The Morgan fingerprint density at radius 3 is 2.41 bits per heavy atom. The van der Waals surface area contributed by atoms with Gasteiger partial charge in [-0.3, -0.25) is 10.8 Å². The molecule has 0 bridgehead atoms. The van der Waals surface area contributed by atoms with Crippen LogP contribution in [0.5, 0.6) is 0 Å². The summed E-state index contributed by atoms with van der Waals surface area (Å²) in [5.41, 5.74) is 3.16. The largest absolute Gasteiger partial charge is 0.417 e. The van der Waals surface area contributed by atoms with E-state index in [0.29, 0.717) is 5.69 Å². The van der Waals surface area contributed by atoms with Crippen molar-refractivity contribution in [2.75, 3.05) is 0 Å². The fourth-order valence-corrected chi connectivity index (χ4v) is 1.31. The lowest BCUT2D eigenvalue weighted by Gasteiger charge is -2.13. The normalized spacial score (nSPS) is 13.3. The number of allylic oxidation sites excluding steroid dienone is 1. The van der Waals surface area contributed by atoms with Crippen LogP contribution in [-0.2, 0) is 6.18 Å². The van der Waals surface area contributed by atoms with E-state index in [-0.39, 0.29) is 6.04 Å². The summed E-state index contributed by atoms with van der Waals surface area (Å²) in [4.78, 5) is 3.76. The first-order valence-electron chi connectivity index (χ1n) is 4.99. The van der Waals surface area contributed by atoms with Gasteiger partial charge in [-0.25, -0.2) is 5.43 Å². The summed E-state index contributed by atoms with van der Waals surface area (Å²) in [6.45, 7) is 3.74. The standard InChI is InChI=1S/C11H14F3N3/c1-7(2)5-10(17-15)9-4-3-8(6-16-9)11(12,13)14/h3-6,10,17H,15H2,1-2H3. The van der Waals surface area contributed by atoms with Crippen LogP contribution in [0, 0.1) is 0 Å². The van der Waals surface area contributed by atoms with Gasteiger partial charge in [-0.15, -0.1) is 0 Å². The van der Waals surface area contributed by atoms with Crippen molar-refractivity contribution in [1.29, 1.82) is 0 Å². The summed E-state index contributed by atoms with van der Waals surface area (Å²) in [5, 5.41) is 0. The van der Waals surface area contributed by atoms with Crippen LogP contribution in [0.25, 0.3) is 0 Å². The summed E-state index contributed by atoms with van der Waals surface area (Å²) in [7, 11) is 0. The Bertz CT molecular complexity index is 391. The quantitative estimate of drug-likeness (QED) is 0.489. The Labute approximate surface area is 97.5 Å². The molecule has 1 unspecified atom stereocenters. The monoisotopic (exact) mass is 245 g/mol. The molecule has 0 radical (unpaired) electrons. The van der Waals surface area contributed by atoms with Crippen LogP contribution in [0.4, 0.5) is 13.2 Å². The maximum Gasteiger partial charge on any atom is 0.417 e. The summed E-state index contributed by atoms with van der Waals surface area (Å²) >= 11 is 0. The van der Waals surface area contributed by atoms with E-state index in [9.17, 15) is 13.2 Å². The van der Waals surface area contributed by atoms with Gasteiger partial charge in [0.15, 0.2) is 0 Å². The van der Waals surface area contributed by atoms with Crippen molar-refractivity contribution in [3.05, 3.63) is 41.2 Å². The van der Waals surface area contributed by atoms with E-state index >= 15 is 0 Å². The molecule has 1 atom stereocenters. The molecule has 0 amide bonds. The Kier molecular flexibility index (Phi) is 4.25. The number of nitrogens with zero attached hydrogens (tertiary/aromatic N) is 1. The van der Waals surface area contributed by atoms with E-state index in [4.69, 9.17) is 5.84 Å². The highest BCUT2D eigenvalue weighted by atomic mass is 19.4. The third kappa shape index (κ3) is 3.83. The molecular formula is C11H14F3N3. The number of halogens is 3. The van der Waals surface area contributed by atoms with Crippen LogP contribution in [0.3, 0.4) is 0 Å². The van der Waals surface area contributed by atoms with E-state index in [1.165, 1.54) is 6.07 Å². The summed E-state index contributed by atoms with van der Waals surface area (Å²) < 4.78 is 37.0. The highest BCUT2D eigenvalue weighted by molar-refractivity contribution is 5.22. The van der Waals surface area contributed by atoms with E-state index in [0.717, 1.165) is 17.8 Å². The number of hydrogen-bond donors (Lipinski definition) is 2. The molecule has 0 spiro atoms. The van der Waals surface area contributed by atoms with E-state index in [1.807, 2.05) is 13.8 Å². The lowest BCUT2D eigenvalue weighted by Crippen LogP contribution is -2.27. The van der Waals surface area contributed by atoms with Crippen LogP contribution >= 0.6 is 0 Å². The second-order valence-electron chi connectivity index (χ2n) is 3.86. The molecule has 94 valence electrons. The van der Waals surface area contributed by atoms with Crippen LogP contribution < -0.4 is 11.3 Å². The SMILES string of the molecule is CC(C)=CC(NN)c1ccc(C(F)(F)F)cn1. The summed E-state index contributed by atoms with van der Waals surface area (Å²) in [6.07, 6.45) is -1.78. The van der Waals surface area contributed by atoms with Crippen molar-refractivity contribution in [1.82, 2.24) is 10.4 Å². The molecule has 1 aromatic rings. The number of aromatic nitrogens is 1. The maximum atomic E-state index is 12.3. The summed E-state index contributed by atoms with van der Waals surface area (Å²) in [6, 6.07) is 1.92. The summed E-state index contributed by atoms with van der Waals surface area (Å²) in [5.74, 6) is 5.32. The van der Waals surface area contributed by atoms with Gasteiger partial charge in [0.2, 0.25) is 0 Å². The van der Waals surface area contributed by atoms with Crippen LogP contribution in [-0.4, -0.2) is 4.98 Å². The lowest BCUT2D eigenvalue weighted by molar-refractivity contribution is -0.137. The predicted octanol–water partition coefficient (Wildman–Crippen LogP) is 2.57. The zero-order chi connectivity index (χ0) is 13.1. The zero-order valence-corrected chi connectivity index (χ0v) is 9.55. The molecule has 0 aliphatic heterocycles. The fourth-order valence-electron chi connectivity index (χ4n) is 1.31. The molecule has 1 heterocycles. The Hall–Kier alpha value is -1.40. The molecule has 17 heavy (non-hydrogen) atoms. The van der Waals surface area contributed by atoms with E-state index in [1.54, 1.807) is 6.08 Å². The van der Waals surface area contributed by atoms with Gasteiger partial charge in [0.25, 0.3) is 0 Å². The molecule has 0 saturated heterocycles. The Morgan fingerprint density at radius 2 is 2.06 bits per heavy atom. The molecule has 3 nitrogen and oxygen atoms in total. The van der Waals surface area contributed by atoms with Gasteiger partial charge >= 0.3 is 6.18 Å². The third-order valence-electron chi connectivity index (χ3n) is 2.11. The van der Waals surface area contributed by atoms with Gasteiger partial charge in [0, 0.05) is 6.20 Å². The highest BCUT2D eigenvalue weighted by Crippen LogP contribution is 2.29. The minimum Gasteiger partial charge on any atom is -0.271 e. The van der Waals surface area contributed by atoms with Gasteiger partial charge in [-0.2, -0.15) is 13.2 Å². The van der Waals surface area contributed by atoms with E-state index in [2.05, 4.69) is 10.4 Å². The van der Waals surface area contributed by atoms with Crippen LogP contribution in [0.2, 0.25) is 0 Å². The lowest BCUT2D eigenvalue weighted by atomic mass is 10.1. The molecule has 1 rings (SSSR count). The highest BCUT2D eigenvalue weighted by Gasteiger charge is 2.30. The van der Waals surface area contributed by atoms with Gasteiger partial charge < -0.3 is 0 Å². The Morgan fingerprint density at radius 1 is 1.41 bits per heavy atom. The molecule has 6 heteroatoms. The van der Waals surface area contributed by atoms with Gasteiger partial charge in [-0.1, -0.05) is 11.6 Å². The average Bonchev–Trinajstić information content (AvgIpc) is 2.24. The molecule has 0 fully saturated rings.